The Morgan fingerprint density at radius 1 is 1.26 bits per heavy atom. The third-order valence-corrected chi connectivity index (χ3v) is 3.17. The molecule has 0 aliphatic carbocycles. The summed E-state index contributed by atoms with van der Waals surface area (Å²) in [5, 5.41) is 13.7. The lowest BCUT2D eigenvalue weighted by Gasteiger charge is -2.24. The highest BCUT2D eigenvalue weighted by molar-refractivity contribution is 5.58. The van der Waals surface area contributed by atoms with Crippen molar-refractivity contribution in [3.05, 3.63) is 23.8 Å². The van der Waals surface area contributed by atoms with Gasteiger partial charge in [-0.2, -0.15) is 4.98 Å². The molecule has 2 aromatic rings. The lowest BCUT2D eigenvalue weighted by atomic mass is 10.1. The van der Waals surface area contributed by atoms with E-state index in [1.54, 1.807) is 6.07 Å². The number of rotatable bonds is 2. The van der Waals surface area contributed by atoms with Crippen molar-refractivity contribution >= 4 is 5.95 Å². The second kappa shape index (κ2) is 4.89. The highest BCUT2D eigenvalue weighted by Gasteiger charge is 2.18. The molecule has 0 unspecified atom stereocenters. The Kier molecular flexibility index (Phi) is 3.08. The first-order valence-corrected chi connectivity index (χ1v) is 6.20. The number of phenolic OH excluding ortho intramolecular Hbond substituents is 1. The zero-order valence-corrected chi connectivity index (χ0v) is 10.7. The monoisotopic (exact) mass is 261 g/mol. The van der Waals surface area contributed by atoms with E-state index in [1.807, 2.05) is 24.0 Å². The van der Waals surface area contributed by atoms with Crippen molar-refractivity contribution in [1.29, 1.82) is 0 Å². The van der Waals surface area contributed by atoms with Crippen molar-refractivity contribution in [3.8, 4) is 17.2 Å². The molecule has 19 heavy (non-hydrogen) atoms. The van der Waals surface area contributed by atoms with Gasteiger partial charge in [-0.1, -0.05) is 6.07 Å². The van der Waals surface area contributed by atoms with Gasteiger partial charge in [-0.15, -0.1) is 0 Å². The number of hydrogen-bond donors (Lipinski definition) is 1. The molecular formula is C13H15N3O3. The van der Waals surface area contributed by atoms with Crippen molar-refractivity contribution in [3.63, 3.8) is 0 Å². The first-order chi connectivity index (χ1) is 9.24. The third kappa shape index (κ3) is 2.39. The minimum Gasteiger partial charge on any atom is -0.508 e. The van der Waals surface area contributed by atoms with Gasteiger partial charge in [0.2, 0.25) is 0 Å². The minimum atomic E-state index is 0.226. The van der Waals surface area contributed by atoms with Gasteiger partial charge in [-0.25, -0.2) is 0 Å². The van der Waals surface area contributed by atoms with Crippen LogP contribution in [0, 0.1) is 6.92 Å². The van der Waals surface area contributed by atoms with Crippen molar-refractivity contribution in [2.24, 2.45) is 0 Å². The van der Waals surface area contributed by atoms with Crippen molar-refractivity contribution < 1.29 is 14.4 Å². The van der Waals surface area contributed by atoms with E-state index in [4.69, 9.17) is 9.26 Å². The number of hydrogen-bond acceptors (Lipinski definition) is 6. The second-order valence-electron chi connectivity index (χ2n) is 4.50. The summed E-state index contributed by atoms with van der Waals surface area (Å²) in [4.78, 5) is 6.37. The number of nitrogens with zero attached hydrogens (tertiary/aromatic N) is 3. The molecule has 0 amide bonds. The van der Waals surface area contributed by atoms with Crippen LogP contribution in [-0.4, -0.2) is 41.6 Å². The van der Waals surface area contributed by atoms with E-state index in [0.29, 0.717) is 25.1 Å². The second-order valence-corrected chi connectivity index (χ2v) is 4.50. The Morgan fingerprint density at radius 3 is 2.79 bits per heavy atom. The van der Waals surface area contributed by atoms with Crippen molar-refractivity contribution in [2.45, 2.75) is 6.92 Å². The number of aromatic hydroxyl groups is 1. The van der Waals surface area contributed by atoms with Crippen LogP contribution in [0.1, 0.15) is 5.56 Å². The van der Waals surface area contributed by atoms with E-state index in [0.717, 1.165) is 24.2 Å². The summed E-state index contributed by atoms with van der Waals surface area (Å²) >= 11 is 0. The normalized spacial score (nSPS) is 15.7. The summed E-state index contributed by atoms with van der Waals surface area (Å²) in [6, 6.07) is 5.31. The molecule has 3 rings (SSSR count). The van der Waals surface area contributed by atoms with E-state index in [1.165, 1.54) is 0 Å². The van der Waals surface area contributed by atoms with Gasteiger partial charge in [0, 0.05) is 18.7 Å². The van der Waals surface area contributed by atoms with E-state index in [2.05, 4.69) is 10.1 Å². The van der Waals surface area contributed by atoms with Crippen LogP contribution in [0.4, 0.5) is 5.95 Å². The fourth-order valence-electron chi connectivity index (χ4n) is 1.97. The highest BCUT2D eigenvalue weighted by Crippen LogP contribution is 2.26. The highest BCUT2D eigenvalue weighted by atomic mass is 16.5. The topological polar surface area (TPSA) is 71.6 Å². The fraction of sp³-hybridized carbons (Fsp3) is 0.385. The summed E-state index contributed by atoms with van der Waals surface area (Å²) in [5.74, 6) is 1.21. The van der Waals surface area contributed by atoms with Gasteiger partial charge in [0.1, 0.15) is 5.75 Å². The Bertz CT molecular complexity index is 576. The molecule has 6 heteroatoms. The van der Waals surface area contributed by atoms with Crippen LogP contribution >= 0.6 is 0 Å². The molecule has 100 valence electrons. The molecule has 0 radical (unpaired) electrons. The van der Waals surface area contributed by atoms with Crippen LogP contribution < -0.4 is 4.90 Å². The maximum absolute atomic E-state index is 9.70. The molecule has 1 aliphatic heterocycles. The molecule has 0 atom stereocenters. The summed E-state index contributed by atoms with van der Waals surface area (Å²) < 4.78 is 10.5. The molecule has 1 aromatic heterocycles. The molecule has 0 spiro atoms. The summed E-state index contributed by atoms with van der Waals surface area (Å²) in [6.07, 6.45) is 0. The molecule has 1 aromatic carbocycles. The maximum Gasteiger partial charge on any atom is 0.266 e. The molecular weight excluding hydrogens is 246 g/mol. The first kappa shape index (κ1) is 12.0. The Balaban J connectivity index is 1.85. The molecule has 1 aliphatic rings. The van der Waals surface area contributed by atoms with E-state index < -0.39 is 0 Å². The lowest BCUT2D eigenvalue weighted by Crippen LogP contribution is -2.36. The largest absolute Gasteiger partial charge is 0.508 e. The molecule has 0 saturated carbocycles. The quantitative estimate of drug-likeness (QED) is 0.885. The van der Waals surface area contributed by atoms with Gasteiger partial charge >= 0.3 is 0 Å². The SMILES string of the molecule is Cc1ccc(-c2nc(N3CCOCC3)no2)cc1O. The third-order valence-electron chi connectivity index (χ3n) is 3.17. The van der Waals surface area contributed by atoms with Gasteiger partial charge in [-0.3, -0.25) is 0 Å². The lowest BCUT2D eigenvalue weighted by molar-refractivity contribution is 0.121. The summed E-state index contributed by atoms with van der Waals surface area (Å²) in [7, 11) is 0. The van der Waals surface area contributed by atoms with Crippen LogP contribution in [0.3, 0.4) is 0 Å². The van der Waals surface area contributed by atoms with E-state index in [9.17, 15) is 5.11 Å². The molecule has 2 heterocycles. The van der Waals surface area contributed by atoms with Crippen LogP contribution in [-0.2, 0) is 4.74 Å². The Morgan fingerprint density at radius 2 is 2.05 bits per heavy atom. The van der Waals surface area contributed by atoms with Crippen molar-refractivity contribution in [1.82, 2.24) is 10.1 Å². The fourth-order valence-corrected chi connectivity index (χ4v) is 1.97. The van der Waals surface area contributed by atoms with E-state index in [-0.39, 0.29) is 5.75 Å². The summed E-state index contributed by atoms with van der Waals surface area (Å²) in [5.41, 5.74) is 1.53. The average molecular weight is 261 g/mol. The predicted octanol–water partition coefficient (Wildman–Crippen LogP) is 1.59. The Hall–Kier alpha value is -2.08. The molecule has 6 nitrogen and oxygen atoms in total. The molecule has 1 N–H and O–H groups in total. The number of aryl methyl sites for hydroxylation is 1. The standard InChI is InChI=1S/C13H15N3O3/c1-9-2-3-10(8-11(9)17)12-14-13(15-19-12)16-4-6-18-7-5-16/h2-3,8,17H,4-7H2,1H3. The van der Waals surface area contributed by atoms with Gasteiger partial charge in [0.05, 0.1) is 13.2 Å². The minimum absolute atomic E-state index is 0.226. The number of phenols is 1. The van der Waals surface area contributed by atoms with E-state index >= 15 is 0 Å². The van der Waals surface area contributed by atoms with Crippen LogP contribution in [0.25, 0.3) is 11.5 Å². The predicted molar refractivity (Wildman–Crippen MR) is 69.2 cm³/mol. The molecule has 0 bridgehead atoms. The zero-order valence-electron chi connectivity index (χ0n) is 10.7. The van der Waals surface area contributed by atoms with Gasteiger partial charge in [-0.05, 0) is 29.8 Å². The zero-order chi connectivity index (χ0) is 13.2. The average Bonchev–Trinajstić information content (AvgIpc) is 2.93. The maximum atomic E-state index is 9.70. The van der Waals surface area contributed by atoms with Gasteiger partial charge in [0.15, 0.2) is 0 Å². The number of benzene rings is 1. The summed E-state index contributed by atoms with van der Waals surface area (Å²) in [6.45, 7) is 4.71. The van der Waals surface area contributed by atoms with Crippen LogP contribution in [0.2, 0.25) is 0 Å². The van der Waals surface area contributed by atoms with Gasteiger partial charge < -0.3 is 19.3 Å². The first-order valence-electron chi connectivity index (χ1n) is 6.20. The Labute approximate surface area is 110 Å². The van der Waals surface area contributed by atoms with Crippen LogP contribution in [0.15, 0.2) is 22.7 Å². The van der Waals surface area contributed by atoms with Crippen molar-refractivity contribution in [2.75, 3.05) is 31.2 Å². The number of morpholine rings is 1. The molecule has 1 fully saturated rings. The smallest absolute Gasteiger partial charge is 0.266 e. The molecule has 1 saturated heterocycles. The van der Waals surface area contributed by atoms with Crippen LogP contribution in [0.5, 0.6) is 5.75 Å². The number of aromatic nitrogens is 2. The number of anilines is 1. The van der Waals surface area contributed by atoms with Gasteiger partial charge in [0.25, 0.3) is 11.8 Å². The number of ether oxygens (including phenoxy) is 1.